The SMILES string of the molecule is O=C(NCc1cccc(CN2CCCCCC2)c1)c1ccc(CN2CCCCC2)cc1. The highest BCUT2D eigenvalue weighted by Crippen LogP contribution is 2.15. The second kappa shape index (κ2) is 11.4. The van der Waals surface area contributed by atoms with Gasteiger partial charge in [0, 0.05) is 25.2 Å². The molecule has 4 nitrogen and oxygen atoms in total. The molecule has 1 N–H and O–H groups in total. The van der Waals surface area contributed by atoms with Crippen LogP contribution in [-0.4, -0.2) is 41.9 Å². The molecule has 2 saturated heterocycles. The van der Waals surface area contributed by atoms with Gasteiger partial charge in [-0.2, -0.15) is 0 Å². The van der Waals surface area contributed by atoms with E-state index in [1.807, 2.05) is 12.1 Å². The lowest BCUT2D eigenvalue weighted by Gasteiger charge is -2.26. The van der Waals surface area contributed by atoms with Gasteiger partial charge in [0.25, 0.3) is 5.91 Å². The molecule has 0 spiro atoms. The summed E-state index contributed by atoms with van der Waals surface area (Å²) in [6.45, 7) is 7.37. The molecule has 2 heterocycles. The van der Waals surface area contributed by atoms with E-state index < -0.39 is 0 Å². The highest BCUT2D eigenvalue weighted by atomic mass is 16.1. The maximum absolute atomic E-state index is 12.6. The Kier molecular flexibility index (Phi) is 8.14. The smallest absolute Gasteiger partial charge is 0.251 e. The zero-order valence-corrected chi connectivity index (χ0v) is 18.8. The summed E-state index contributed by atoms with van der Waals surface area (Å²) in [6, 6.07) is 16.8. The number of likely N-dealkylation sites (tertiary alicyclic amines) is 2. The van der Waals surface area contributed by atoms with E-state index in [9.17, 15) is 4.79 Å². The number of piperidine rings is 1. The van der Waals surface area contributed by atoms with E-state index in [1.54, 1.807) is 0 Å². The topological polar surface area (TPSA) is 35.6 Å². The third kappa shape index (κ3) is 6.91. The van der Waals surface area contributed by atoms with Crippen molar-refractivity contribution >= 4 is 5.91 Å². The fourth-order valence-corrected chi connectivity index (χ4v) is 4.81. The molecule has 0 bridgehead atoms. The van der Waals surface area contributed by atoms with Crippen molar-refractivity contribution in [1.82, 2.24) is 15.1 Å². The van der Waals surface area contributed by atoms with E-state index in [0.717, 1.165) is 18.7 Å². The molecule has 166 valence electrons. The summed E-state index contributed by atoms with van der Waals surface area (Å²) in [5.41, 5.74) is 4.54. The number of nitrogens with one attached hydrogen (secondary N) is 1. The van der Waals surface area contributed by atoms with Crippen LogP contribution < -0.4 is 5.32 Å². The molecule has 0 unspecified atom stereocenters. The fourth-order valence-electron chi connectivity index (χ4n) is 4.81. The number of amides is 1. The summed E-state index contributed by atoms with van der Waals surface area (Å²) in [5.74, 6) is 0.00226. The summed E-state index contributed by atoms with van der Waals surface area (Å²) in [6.07, 6.45) is 9.32. The van der Waals surface area contributed by atoms with Crippen molar-refractivity contribution in [3.05, 3.63) is 70.8 Å². The van der Waals surface area contributed by atoms with Crippen molar-refractivity contribution in [1.29, 1.82) is 0 Å². The highest BCUT2D eigenvalue weighted by Gasteiger charge is 2.12. The van der Waals surface area contributed by atoms with Gasteiger partial charge in [-0.1, -0.05) is 55.7 Å². The summed E-state index contributed by atoms with van der Waals surface area (Å²) in [4.78, 5) is 17.7. The molecular weight excluding hydrogens is 382 g/mol. The van der Waals surface area contributed by atoms with E-state index in [-0.39, 0.29) is 5.91 Å². The lowest BCUT2D eigenvalue weighted by molar-refractivity contribution is 0.0951. The van der Waals surface area contributed by atoms with Crippen molar-refractivity contribution < 1.29 is 4.79 Å². The molecule has 4 rings (SSSR count). The number of hydrogen-bond donors (Lipinski definition) is 1. The van der Waals surface area contributed by atoms with Crippen LogP contribution in [0.25, 0.3) is 0 Å². The number of benzene rings is 2. The van der Waals surface area contributed by atoms with Crippen molar-refractivity contribution in [2.24, 2.45) is 0 Å². The molecule has 0 atom stereocenters. The Morgan fingerprint density at radius 2 is 1.23 bits per heavy atom. The first-order valence-electron chi connectivity index (χ1n) is 12.2. The molecule has 2 aromatic carbocycles. The van der Waals surface area contributed by atoms with E-state index in [0.29, 0.717) is 6.54 Å². The van der Waals surface area contributed by atoms with Gasteiger partial charge >= 0.3 is 0 Å². The Balaban J connectivity index is 1.27. The molecule has 2 aliphatic heterocycles. The zero-order valence-electron chi connectivity index (χ0n) is 18.8. The molecule has 4 heteroatoms. The van der Waals surface area contributed by atoms with E-state index in [1.165, 1.54) is 87.8 Å². The van der Waals surface area contributed by atoms with Crippen LogP contribution in [-0.2, 0) is 19.6 Å². The molecule has 2 aromatic rings. The molecular formula is C27H37N3O. The van der Waals surface area contributed by atoms with Crippen LogP contribution in [0.1, 0.15) is 72.0 Å². The fraction of sp³-hybridized carbons (Fsp3) is 0.519. The number of carbonyl (C=O) groups excluding carboxylic acids is 1. The molecule has 0 aromatic heterocycles. The molecule has 31 heavy (non-hydrogen) atoms. The van der Waals surface area contributed by atoms with E-state index in [2.05, 4.69) is 51.5 Å². The van der Waals surface area contributed by atoms with Crippen molar-refractivity contribution in [3.63, 3.8) is 0 Å². The predicted molar refractivity (Wildman–Crippen MR) is 127 cm³/mol. The predicted octanol–water partition coefficient (Wildman–Crippen LogP) is 4.98. The van der Waals surface area contributed by atoms with Gasteiger partial charge in [0.1, 0.15) is 0 Å². The maximum Gasteiger partial charge on any atom is 0.251 e. The van der Waals surface area contributed by atoms with Gasteiger partial charge < -0.3 is 5.32 Å². The first kappa shape index (κ1) is 22.0. The summed E-state index contributed by atoms with van der Waals surface area (Å²) >= 11 is 0. The van der Waals surface area contributed by atoms with Crippen LogP contribution in [0.3, 0.4) is 0 Å². The van der Waals surface area contributed by atoms with Crippen LogP contribution in [0.5, 0.6) is 0 Å². The summed E-state index contributed by atoms with van der Waals surface area (Å²) in [7, 11) is 0. The molecule has 1 amide bonds. The van der Waals surface area contributed by atoms with Crippen LogP contribution in [0.4, 0.5) is 0 Å². The minimum atomic E-state index is 0.00226. The van der Waals surface area contributed by atoms with Crippen molar-refractivity contribution in [3.8, 4) is 0 Å². The lowest BCUT2D eigenvalue weighted by Crippen LogP contribution is -2.29. The third-order valence-electron chi connectivity index (χ3n) is 6.62. The van der Waals surface area contributed by atoms with Gasteiger partial charge in [-0.3, -0.25) is 14.6 Å². The van der Waals surface area contributed by atoms with Crippen LogP contribution in [0.15, 0.2) is 48.5 Å². The largest absolute Gasteiger partial charge is 0.348 e. The number of nitrogens with zero attached hydrogens (tertiary/aromatic N) is 2. The lowest BCUT2D eigenvalue weighted by atomic mass is 10.1. The average Bonchev–Trinajstić information content (AvgIpc) is 3.08. The normalized spacial score (nSPS) is 18.5. The molecule has 0 saturated carbocycles. The molecule has 2 fully saturated rings. The number of rotatable bonds is 7. The average molecular weight is 420 g/mol. The Morgan fingerprint density at radius 3 is 1.87 bits per heavy atom. The quantitative estimate of drug-likeness (QED) is 0.688. The number of hydrogen-bond acceptors (Lipinski definition) is 3. The van der Waals surface area contributed by atoms with Gasteiger partial charge in [-0.25, -0.2) is 0 Å². The zero-order chi connectivity index (χ0) is 21.3. The Morgan fingerprint density at radius 1 is 0.677 bits per heavy atom. The van der Waals surface area contributed by atoms with Crippen molar-refractivity contribution in [2.75, 3.05) is 26.2 Å². The summed E-state index contributed by atoms with van der Waals surface area (Å²) in [5, 5.41) is 3.09. The molecule has 0 radical (unpaired) electrons. The first-order chi connectivity index (χ1) is 15.3. The van der Waals surface area contributed by atoms with E-state index in [4.69, 9.17) is 0 Å². The van der Waals surface area contributed by atoms with Crippen molar-refractivity contribution in [2.45, 2.75) is 64.6 Å². The van der Waals surface area contributed by atoms with Crippen LogP contribution >= 0.6 is 0 Å². The van der Waals surface area contributed by atoms with E-state index >= 15 is 0 Å². The molecule has 0 aliphatic carbocycles. The van der Waals surface area contributed by atoms with Gasteiger partial charge in [0.2, 0.25) is 0 Å². The minimum absolute atomic E-state index is 0.00226. The Labute approximate surface area is 187 Å². The second-order valence-corrected chi connectivity index (χ2v) is 9.23. The van der Waals surface area contributed by atoms with Gasteiger partial charge in [0.05, 0.1) is 0 Å². The highest BCUT2D eigenvalue weighted by molar-refractivity contribution is 5.94. The Hall–Kier alpha value is -2.17. The molecule has 2 aliphatic rings. The van der Waals surface area contributed by atoms with Gasteiger partial charge in [-0.15, -0.1) is 0 Å². The van der Waals surface area contributed by atoms with Gasteiger partial charge in [-0.05, 0) is 80.7 Å². The summed E-state index contributed by atoms with van der Waals surface area (Å²) < 4.78 is 0. The standard InChI is InChI=1S/C27H37N3O/c31-27(26-13-11-23(12-14-26)21-29-17-6-3-7-18-29)28-20-24-9-8-10-25(19-24)22-30-15-4-1-2-5-16-30/h8-14,19H,1-7,15-18,20-22H2,(H,28,31). The third-order valence-corrected chi connectivity index (χ3v) is 6.62. The minimum Gasteiger partial charge on any atom is -0.348 e. The Bertz CT molecular complexity index is 819. The second-order valence-electron chi connectivity index (χ2n) is 9.23. The number of carbonyl (C=O) groups is 1. The maximum atomic E-state index is 12.6. The van der Waals surface area contributed by atoms with Gasteiger partial charge in [0.15, 0.2) is 0 Å². The van der Waals surface area contributed by atoms with Crippen LogP contribution in [0, 0.1) is 0 Å². The van der Waals surface area contributed by atoms with Crippen LogP contribution in [0.2, 0.25) is 0 Å². The first-order valence-corrected chi connectivity index (χ1v) is 12.2. The monoisotopic (exact) mass is 419 g/mol.